The van der Waals surface area contributed by atoms with Crippen molar-refractivity contribution in [3.05, 3.63) is 35.4 Å². The van der Waals surface area contributed by atoms with Gasteiger partial charge in [-0.3, -0.25) is 9.59 Å². The molecule has 0 radical (unpaired) electrons. The summed E-state index contributed by atoms with van der Waals surface area (Å²) in [5.41, 5.74) is -0.257. The van der Waals surface area contributed by atoms with E-state index >= 15 is 0 Å². The quantitative estimate of drug-likeness (QED) is 0.814. The molecule has 0 saturated carbocycles. The predicted octanol–water partition coefficient (Wildman–Crippen LogP) is 2.41. The average molecular weight is 402 g/mol. The first-order chi connectivity index (χ1) is 12.5. The second kappa shape index (κ2) is 9.46. The van der Waals surface area contributed by atoms with E-state index in [1.807, 2.05) is 0 Å². The van der Waals surface area contributed by atoms with E-state index in [1.54, 1.807) is 4.90 Å². The average Bonchev–Trinajstić information content (AvgIpc) is 2.92. The zero-order valence-electron chi connectivity index (χ0n) is 15.3. The largest absolute Gasteiger partial charge is 0.349 e. The molecule has 2 N–H and O–H groups in total. The van der Waals surface area contributed by atoms with Gasteiger partial charge in [0.25, 0.3) is 0 Å². The molecular formula is C19H26ClF2N3O2. The number of halogens is 3. The Balaban J connectivity index is 0.00000261. The minimum absolute atomic E-state index is 0. The SMILES string of the molecule is CC(=O)NC(CC(=O)N1CC[C@@H]2CNC[C@@H]2CC1)c1c(F)cccc1F.Cl. The van der Waals surface area contributed by atoms with Crippen LogP contribution in [0.4, 0.5) is 8.78 Å². The Morgan fingerprint density at radius 3 is 2.26 bits per heavy atom. The molecule has 2 heterocycles. The van der Waals surface area contributed by atoms with E-state index in [2.05, 4.69) is 10.6 Å². The summed E-state index contributed by atoms with van der Waals surface area (Å²) in [5, 5.41) is 5.92. The summed E-state index contributed by atoms with van der Waals surface area (Å²) in [4.78, 5) is 26.0. The number of amides is 2. The fourth-order valence-electron chi connectivity index (χ4n) is 4.09. The molecule has 1 aromatic carbocycles. The number of nitrogens with one attached hydrogen (secondary N) is 2. The van der Waals surface area contributed by atoms with Gasteiger partial charge in [0.15, 0.2) is 0 Å². The smallest absolute Gasteiger partial charge is 0.224 e. The molecule has 3 rings (SSSR count). The van der Waals surface area contributed by atoms with E-state index in [1.165, 1.54) is 13.0 Å². The Morgan fingerprint density at radius 1 is 1.19 bits per heavy atom. The molecule has 5 nitrogen and oxygen atoms in total. The van der Waals surface area contributed by atoms with Gasteiger partial charge in [0.2, 0.25) is 11.8 Å². The molecule has 1 aromatic rings. The molecule has 0 aromatic heterocycles. The van der Waals surface area contributed by atoms with Crippen molar-refractivity contribution in [2.24, 2.45) is 11.8 Å². The van der Waals surface area contributed by atoms with E-state index in [9.17, 15) is 18.4 Å². The summed E-state index contributed by atoms with van der Waals surface area (Å²) in [6, 6.07) is 2.53. The number of hydrogen-bond acceptors (Lipinski definition) is 3. The van der Waals surface area contributed by atoms with Crippen LogP contribution < -0.4 is 10.6 Å². The summed E-state index contributed by atoms with van der Waals surface area (Å²) in [7, 11) is 0. The summed E-state index contributed by atoms with van der Waals surface area (Å²) < 4.78 is 28.3. The Morgan fingerprint density at radius 2 is 1.74 bits per heavy atom. The molecule has 1 unspecified atom stereocenters. The lowest BCUT2D eigenvalue weighted by Crippen LogP contribution is -2.37. The van der Waals surface area contributed by atoms with E-state index < -0.39 is 23.6 Å². The maximum atomic E-state index is 14.1. The number of carbonyl (C=O) groups is 2. The van der Waals surface area contributed by atoms with Crippen molar-refractivity contribution < 1.29 is 18.4 Å². The van der Waals surface area contributed by atoms with Crippen molar-refractivity contribution in [2.75, 3.05) is 26.2 Å². The minimum Gasteiger partial charge on any atom is -0.349 e. The molecule has 27 heavy (non-hydrogen) atoms. The van der Waals surface area contributed by atoms with Crippen LogP contribution in [0.1, 0.15) is 37.8 Å². The van der Waals surface area contributed by atoms with E-state index in [0.717, 1.165) is 38.1 Å². The van der Waals surface area contributed by atoms with Crippen molar-refractivity contribution in [2.45, 2.75) is 32.2 Å². The molecule has 150 valence electrons. The Hall–Kier alpha value is -1.73. The Kier molecular flexibility index (Phi) is 7.56. The number of carbonyl (C=O) groups excluding carboxylic acids is 2. The zero-order valence-corrected chi connectivity index (χ0v) is 16.2. The first-order valence-electron chi connectivity index (χ1n) is 9.15. The summed E-state index contributed by atoms with van der Waals surface area (Å²) in [6.07, 6.45) is 1.72. The fourth-order valence-corrected chi connectivity index (χ4v) is 4.09. The zero-order chi connectivity index (χ0) is 18.7. The molecule has 3 atom stereocenters. The first-order valence-corrected chi connectivity index (χ1v) is 9.15. The highest BCUT2D eigenvalue weighted by Gasteiger charge is 2.32. The molecule has 0 bridgehead atoms. The lowest BCUT2D eigenvalue weighted by Gasteiger charge is -2.25. The maximum absolute atomic E-state index is 14.1. The van der Waals surface area contributed by atoms with Gasteiger partial charge in [-0.05, 0) is 49.9 Å². The third-order valence-electron chi connectivity index (χ3n) is 5.48. The van der Waals surface area contributed by atoms with Gasteiger partial charge in [-0.1, -0.05) is 6.07 Å². The van der Waals surface area contributed by atoms with Crippen LogP contribution in [0.3, 0.4) is 0 Å². The number of rotatable bonds is 4. The number of hydrogen-bond donors (Lipinski definition) is 2. The van der Waals surface area contributed by atoms with Crippen molar-refractivity contribution in [1.29, 1.82) is 0 Å². The van der Waals surface area contributed by atoms with Gasteiger partial charge >= 0.3 is 0 Å². The van der Waals surface area contributed by atoms with Crippen LogP contribution >= 0.6 is 12.4 Å². The number of fused-ring (bicyclic) bond motifs is 1. The predicted molar refractivity (Wildman–Crippen MR) is 100 cm³/mol. The third-order valence-corrected chi connectivity index (χ3v) is 5.48. The van der Waals surface area contributed by atoms with E-state index in [0.29, 0.717) is 24.9 Å². The second-order valence-electron chi connectivity index (χ2n) is 7.23. The highest BCUT2D eigenvalue weighted by molar-refractivity contribution is 5.85. The molecule has 2 fully saturated rings. The first kappa shape index (κ1) is 21.6. The van der Waals surface area contributed by atoms with Crippen molar-refractivity contribution in [3.8, 4) is 0 Å². The summed E-state index contributed by atoms with van der Waals surface area (Å²) in [6.45, 7) is 4.54. The third kappa shape index (κ3) is 5.17. The van der Waals surface area contributed by atoms with E-state index in [-0.39, 0.29) is 30.3 Å². The van der Waals surface area contributed by atoms with Crippen LogP contribution in [-0.4, -0.2) is 42.9 Å². The highest BCUT2D eigenvalue weighted by Crippen LogP contribution is 2.29. The van der Waals surface area contributed by atoms with Gasteiger partial charge in [0.1, 0.15) is 11.6 Å². The highest BCUT2D eigenvalue weighted by atomic mass is 35.5. The number of benzene rings is 1. The van der Waals surface area contributed by atoms with Crippen LogP contribution in [0, 0.1) is 23.5 Å². The molecule has 0 aliphatic carbocycles. The molecule has 2 amide bonds. The van der Waals surface area contributed by atoms with Gasteiger partial charge in [-0.2, -0.15) is 0 Å². The van der Waals surface area contributed by atoms with Crippen LogP contribution in [0.25, 0.3) is 0 Å². The second-order valence-corrected chi connectivity index (χ2v) is 7.23. The Labute approximate surface area is 164 Å². The van der Waals surface area contributed by atoms with Gasteiger partial charge in [0, 0.05) is 25.6 Å². The van der Waals surface area contributed by atoms with Crippen molar-refractivity contribution >= 4 is 24.2 Å². The van der Waals surface area contributed by atoms with Crippen molar-refractivity contribution in [1.82, 2.24) is 15.5 Å². The molecular weight excluding hydrogens is 376 g/mol. The molecule has 0 spiro atoms. The minimum atomic E-state index is -1.01. The van der Waals surface area contributed by atoms with Gasteiger partial charge in [-0.15, -0.1) is 12.4 Å². The normalized spacial score (nSPS) is 23.0. The van der Waals surface area contributed by atoms with Crippen LogP contribution in [-0.2, 0) is 9.59 Å². The standard InChI is InChI=1S/C19H25F2N3O2.ClH/c1-12(25)23-17(19-15(20)3-2-4-16(19)21)9-18(26)24-7-5-13-10-22-11-14(13)6-8-24;/h2-4,13-14,17,22H,5-11H2,1H3,(H,23,25);1H/t13-,14+,17?;. The lowest BCUT2D eigenvalue weighted by molar-refractivity contribution is -0.132. The molecule has 8 heteroatoms. The topological polar surface area (TPSA) is 61.4 Å². The Bertz CT molecular complexity index is 655. The number of nitrogens with zero attached hydrogens (tertiary/aromatic N) is 1. The molecule has 2 aliphatic heterocycles. The van der Waals surface area contributed by atoms with Crippen LogP contribution in [0.5, 0.6) is 0 Å². The van der Waals surface area contributed by atoms with Gasteiger partial charge in [-0.25, -0.2) is 8.78 Å². The van der Waals surface area contributed by atoms with Crippen molar-refractivity contribution in [3.63, 3.8) is 0 Å². The van der Waals surface area contributed by atoms with Crippen LogP contribution in [0.2, 0.25) is 0 Å². The fraction of sp³-hybridized carbons (Fsp3) is 0.579. The van der Waals surface area contributed by atoms with Crippen LogP contribution in [0.15, 0.2) is 18.2 Å². The maximum Gasteiger partial charge on any atom is 0.224 e. The summed E-state index contributed by atoms with van der Waals surface area (Å²) in [5.74, 6) is -0.951. The van der Waals surface area contributed by atoms with Gasteiger partial charge in [0.05, 0.1) is 12.5 Å². The summed E-state index contributed by atoms with van der Waals surface area (Å²) >= 11 is 0. The monoisotopic (exact) mass is 401 g/mol. The lowest BCUT2D eigenvalue weighted by atomic mass is 9.92. The molecule has 2 aliphatic rings. The number of likely N-dealkylation sites (tertiary alicyclic amines) is 1. The molecule has 2 saturated heterocycles. The van der Waals surface area contributed by atoms with Gasteiger partial charge < -0.3 is 15.5 Å². The van der Waals surface area contributed by atoms with E-state index in [4.69, 9.17) is 0 Å².